The lowest BCUT2D eigenvalue weighted by Crippen LogP contribution is -2.27. The molecule has 38 heavy (non-hydrogen) atoms. The summed E-state index contributed by atoms with van der Waals surface area (Å²) in [6.07, 6.45) is 1.10. The van der Waals surface area contributed by atoms with Gasteiger partial charge in [-0.25, -0.2) is 20.0 Å². The molecule has 1 aliphatic rings. The number of nitrogens with zero attached hydrogens (tertiary/aromatic N) is 3. The number of pyridine rings is 2. The van der Waals surface area contributed by atoms with Crippen molar-refractivity contribution in [2.24, 2.45) is 11.6 Å². The Kier molecular flexibility index (Phi) is 9.08. The van der Waals surface area contributed by atoms with Crippen LogP contribution >= 0.6 is 0 Å². The fraction of sp³-hybridized carbons (Fsp3) is 0.370. The van der Waals surface area contributed by atoms with Crippen molar-refractivity contribution in [3.05, 3.63) is 74.1 Å². The lowest BCUT2D eigenvalue weighted by molar-refractivity contribution is 0.0848. The number of carbonyl (C=O) groups is 1. The topological polar surface area (TPSA) is 157 Å². The standard InChI is InChI=1S/C25H28FN5O5.C2H6/c1-13-7-22-23-18(11-31(22)24(33)19(13)12-36-25(34)35)17(10-30(28)9-15(27)4-3-5-32)16-6-14(2)20(26)8-21(16)29-23;1-2/h6-9,32H,3-5,10-12,27-28H2,1-2H3,(H,34,35);1-2H3/b15-9-;. The average molecular weight is 528 g/mol. The van der Waals surface area contributed by atoms with Crippen molar-refractivity contribution in [2.75, 3.05) is 6.61 Å². The second-order valence-electron chi connectivity index (χ2n) is 8.88. The Balaban J connectivity index is 0.00000195. The van der Waals surface area contributed by atoms with Gasteiger partial charge in [-0.3, -0.25) is 4.79 Å². The van der Waals surface area contributed by atoms with Crippen molar-refractivity contribution >= 4 is 17.1 Å². The third-order valence-electron chi connectivity index (χ3n) is 6.30. The van der Waals surface area contributed by atoms with Gasteiger partial charge in [-0.05, 0) is 55.5 Å². The summed E-state index contributed by atoms with van der Waals surface area (Å²) in [5, 5.41) is 20.0. The highest BCUT2D eigenvalue weighted by atomic mass is 19.1. The van der Waals surface area contributed by atoms with Crippen LogP contribution in [0.2, 0.25) is 0 Å². The maximum absolute atomic E-state index is 14.5. The van der Waals surface area contributed by atoms with Gasteiger partial charge in [0.1, 0.15) is 12.4 Å². The second kappa shape index (κ2) is 12.1. The van der Waals surface area contributed by atoms with E-state index in [0.29, 0.717) is 52.0 Å². The highest BCUT2D eigenvalue weighted by Crippen LogP contribution is 2.37. The summed E-state index contributed by atoms with van der Waals surface area (Å²) in [6.45, 7) is 7.42. The first kappa shape index (κ1) is 28.6. The zero-order valence-corrected chi connectivity index (χ0v) is 22.0. The number of nitrogens with two attached hydrogens (primary N) is 2. The molecule has 0 aliphatic carbocycles. The highest BCUT2D eigenvalue weighted by Gasteiger charge is 2.28. The van der Waals surface area contributed by atoms with Crippen LogP contribution in [0.3, 0.4) is 0 Å². The van der Waals surface area contributed by atoms with Gasteiger partial charge in [0.15, 0.2) is 0 Å². The average Bonchev–Trinajstić information content (AvgIpc) is 3.23. The first-order valence-corrected chi connectivity index (χ1v) is 12.4. The Morgan fingerprint density at radius 3 is 2.61 bits per heavy atom. The van der Waals surface area contributed by atoms with E-state index >= 15 is 0 Å². The normalized spacial score (nSPS) is 12.0. The molecule has 0 saturated heterocycles. The van der Waals surface area contributed by atoms with Gasteiger partial charge in [0.05, 0.1) is 35.6 Å². The summed E-state index contributed by atoms with van der Waals surface area (Å²) in [6, 6.07) is 4.83. The Bertz CT molecular complexity index is 1450. The van der Waals surface area contributed by atoms with Crippen LogP contribution in [0.15, 0.2) is 34.9 Å². The van der Waals surface area contributed by atoms with Gasteiger partial charge in [-0.15, -0.1) is 0 Å². The first-order chi connectivity index (χ1) is 18.1. The Hall–Kier alpha value is -3.96. The van der Waals surface area contributed by atoms with Gasteiger partial charge in [0.25, 0.3) is 5.56 Å². The zero-order valence-electron chi connectivity index (χ0n) is 22.0. The number of ether oxygens (including phenoxy) is 1. The van der Waals surface area contributed by atoms with E-state index in [0.717, 1.165) is 11.1 Å². The number of aryl methyl sites for hydroxylation is 2. The molecular formula is C27H34FN5O5. The number of rotatable bonds is 8. The van der Waals surface area contributed by atoms with Crippen LogP contribution in [0.25, 0.3) is 22.3 Å². The molecule has 0 fully saturated rings. The third-order valence-corrected chi connectivity index (χ3v) is 6.30. The first-order valence-electron chi connectivity index (χ1n) is 12.4. The number of hydrogen-bond acceptors (Lipinski definition) is 8. The summed E-state index contributed by atoms with van der Waals surface area (Å²) >= 11 is 0. The van der Waals surface area contributed by atoms with Gasteiger partial charge < -0.3 is 30.3 Å². The molecule has 3 aromatic rings. The number of carboxylic acid groups (broad SMARTS) is 1. The maximum Gasteiger partial charge on any atom is 0.506 e. The minimum atomic E-state index is -1.47. The summed E-state index contributed by atoms with van der Waals surface area (Å²) in [5.41, 5.74) is 10.5. The smallest absolute Gasteiger partial charge is 0.450 e. The van der Waals surface area contributed by atoms with Gasteiger partial charge >= 0.3 is 6.16 Å². The Labute approximate surface area is 219 Å². The van der Waals surface area contributed by atoms with E-state index in [1.165, 1.54) is 15.6 Å². The predicted molar refractivity (Wildman–Crippen MR) is 142 cm³/mol. The molecule has 0 radical (unpaired) electrons. The Morgan fingerprint density at radius 1 is 1.24 bits per heavy atom. The lowest BCUT2D eigenvalue weighted by Gasteiger charge is -2.19. The highest BCUT2D eigenvalue weighted by molar-refractivity contribution is 5.88. The van der Waals surface area contributed by atoms with Crippen LogP contribution in [-0.2, 0) is 24.4 Å². The van der Waals surface area contributed by atoms with Gasteiger partial charge in [-0.2, -0.15) is 0 Å². The van der Waals surface area contributed by atoms with E-state index in [4.69, 9.17) is 26.8 Å². The van der Waals surface area contributed by atoms with Gasteiger partial charge in [0.2, 0.25) is 0 Å². The van der Waals surface area contributed by atoms with Crippen LogP contribution in [0.5, 0.6) is 0 Å². The molecule has 204 valence electrons. The molecule has 4 rings (SSSR count). The number of halogens is 1. The number of hydrazine groups is 1. The fourth-order valence-corrected chi connectivity index (χ4v) is 4.48. The SMILES string of the molecule is CC.Cc1cc2c(CN(N)/C=C(\N)CCCO)c3c(nc2cc1F)-c1cc(C)c(COC(=O)O)c(=O)n1C3. The minimum Gasteiger partial charge on any atom is -0.450 e. The number of aliphatic hydroxyl groups is 1. The summed E-state index contributed by atoms with van der Waals surface area (Å²) in [7, 11) is 0. The molecule has 11 heteroatoms. The molecule has 10 nitrogen and oxygen atoms in total. The molecule has 0 unspecified atom stereocenters. The molecule has 0 spiro atoms. The number of aromatic nitrogens is 2. The number of aliphatic hydroxyl groups excluding tert-OH is 1. The van der Waals surface area contributed by atoms with Crippen molar-refractivity contribution in [1.29, 1.82) is 0 Å². The van der Waals surface area contributed by atoms with E-state index in [1.807, 2.05) is 13.8 Å². The largest absolute Gasteiger partial charge is 0.506 e. The van der Waals surface area contributed by atoms with Crippen LogP contribution < -0.4 is 17.1 Å². The maximum atomic E-state index is 14.5. The number of benzene rings is 1. The number of hydrogen-bond donors (Lipinski definition) is 4. The summed E-state index contributed by atoms with van der Waals surface area (Å²) in [4.78, 5) is 28.8. The van der Waals surface area contributed by atoms with E-state index in [-0.39, 0.29) is 37.4 Å². The quantitative estimate of drug-likeness (QED) is 0.152. The second-order valence-corrected chi connectivity index (χ2v) is 8.88. The van der Waals surface area contributed by atoms with Crippen molar-refractivity contribution < 1.29 is 24.1 Å². The van der Waals surface area contributed by atoms with E-state index in [9.17, 15) is 14.0 Å². The van der Waals surface area contributed by atoms with E-state index in [1.54, 1.807) is 32.2 Å². The molecule has 3 heterocycles. The van der Waals surface area contributed by atoms with Crippen LogP contribution in [0.1, 0.15) is 54.5 Å². The molecule has 6 N–H and O–H groups in total. The Morgan fingerprint density at radius 2 is 1.95 bits per heavy atom. The summed E-state index contributed by atoms with van der Waals surface area (Å²) < 4.78 is 20.6. The van der Waals surface area contributed by atoms with Crippen molar-refractivity contribution in [3.8, 4) is 11.4 Å². The molecule has 0 amide bonds. The van der Waals surface area contributed by atoms with Gasteiger partial charge in [-0.1, -0.05) is 13.8 Å². The molecule has 0 saturated carbocycles. The molecule has 1 aromatic carbocycles. The lowest BCUT2D eigenvalue weighted by atomic mass is 9.98. The van der Waals surface area contributed by atoms with Crippen molar-refractivity contribution in [2.45, 2.75) is 60.2 Å². The predicted octanol–water partition coefficient (Wildman–Crippen LogP) is 3.65. The number of fused-ring (bicyclic) bond motifs is 4. The van der Waals surface area contributed by atoms with Crippen molar-refractivity contribution in [3.63, 3.8) is 0 Å². The molecule has 0 atom stereocenters. The van der Waals surface area contributed by atoms with Crippen LogP contribution in [0, 0.1) is 19.7 Å². The summed E-state index contributed by atoms with van der Waals surface area (Å²) in [5.74, 6) is 5.86. The van der Waals surface area contributed by atoms with E-state index in [2.05, 4.69) is 4.74 Å². The zero-order chi connectivity index (χ0) is 28.1. The molecular weight excluding hydrogens is 493 g/mol. The molecule has 2 aromatic heterocycles. The molecule has 1 aliphatic heterocycles. The monoisotopic (exact) mass is 527 g/mol. The molecule has 0 bridgehead atoms. The van der Waals surface area contributed by atoms with Crippen molar-refractivity contribution in [1.82, 2.24) is 14.6 Å². The minimum absolute atomic E-state index is 0.0123. The van der Waals surface area contributed by atoms with Crippen LogP contribution in [0.4, 0.5) is 9.18 Å². The fourth-order valence-electron chi connectivity index (χ4n) is 4.48. The third kappa shape index (κ3) is 5.79. The van der Waals surface area contributed by atoms with Crippen LogP contribution in [-0.4, -0.2) is 37.5 Å². The van der Waals surface area contributed by atoms with E-state index < -0.39 is 12.0 Å². The number of allylic oxidation sites excluding steroid dienone is 1. The van der Waals surface area contributed by atoms with Gasteiger partial charge in [0, 0.05) is 35.5 Å².